The SMILES string of the molecule is CCNC(=NCc1ccc(C#N)cc1F)N1CC(C)C(C(=O)OC)C1. The van der Waals surface area contributed by atoms with Crippen molar-refractivity contribution in [3.05, 3.63) is 35.1 Å². The van der Waals surface area contributed by atoms with E-state index in [4.69, 9.17) is 10.00 Å². The third kappa shape index (κ3) is 4.47. The van der Waals surface area contributed by atoms with E-state index in [0.717, 1.165) is 0 Å². The van der Waals surface area contributed by atoms with Gasteiger partial charge in [-0.1, -0.05) is 13.0 Å². The molecule has 1 aromatic rings. The van der Waals surface area contributed by atoms with Gasteiger partial charge in [0.2, 0.25) is 0 Å². The summed E-state index contributed by atoms with van der Waals surface area (Å²) in [6.07, 6.45) is 0. The average Bonchev–Trinajstić information content (AvgIpc) is 3.00. The number of ether oxygens (including phenoxy) is 1. The van der Waals surface area contributed by atoms with E-state index < -0.39 is 5.82 Å². The fourth-order valence-corrected chi connectivity index (χ4v) is 2.93. The zero-order valence-electron chi connectivity index (χ0n) is 14.8. The van der Waals surface area contributed by atoms with Crippen LogP contribution in [-0.4, -0.2) is 43.6 Å². The molecule has 2 atom stereocenters. The minimum absolute atomic E-state index is 0.156. The van der Waals surface area contributed by atoms with E-state index >= 15 is 0 Å². The second-order valence-electron chi connectivity index (χ2n) is 6.10. The van der Waals surface area contributed by atoms with Crippen LogP contribution in [0.2, 0.25) is 0 Å². The Bertz CT molecular complexity index is 699. The Kier molecular flexibility index (Phi) is 6.34. The molecule has 0 amide bonds. The van der Waals surface area contributed by atoms with E-state index in [1.807, 2.05) is 24.8 Å². The van der Waals surface area contributed by atoms with Gasteiger partial charge >= 0.3 is 5.97 Å². The summed E-state index contributed by atoms with van der Waals surface area (Å²) in [6.45, 7) is 5.99. The van der Waals surface area contributed by atoms with E-state index in [2.05, 4.69) is 10.3 Å². The van der Waals surface area contributed by atoms with Crippen LogP contribution in [0.15, 0.2) is 23.2 Å². The summed E-state index contributed by atoms with van der Waals surface area (Å²) >= 11 is 0. The number of benzene rings is 1. The molecule has 2 unspecified atom stereocenters. The van der Waals surface area contributed by atoms with Gasteiger partial charge in [0.05, 0.1) is 31.2 Å². The zero-order chi connectivity index (χ0) is 18.4. The van der Waals surface area contributed by atoms with Gasteiger partial charge in [0, 0.05) is 25.2 Å². The van der Waals surface area contributed by atoms with Gasteiger partial charge in [-0.05, 0) is 25.0 Å². The topological polar surface area (TPSA) is 77.7 Å². The minimum Gasteiger partial charge on any atom is -0.469 e. The average molecular weight is 346 g/mol. The van der Waals surface area contributed by atoms with Crippen LogP contribution >= 0.6 is 0 Å². The summed E-state index contributed by atoms with van der Waals surface area (Å²) in [4.78, 5) is 18.3. The molecule has 25 heavy (non-hydrogen) atoms. The molecule has 6 nitrogen and oxygen atoms in total. The smallest absolute Gasteiger partial charge is 0.310 e. The first-order chi connectivity index (χ1) is 12.0. The van der Waals surface area contributed by atoms with Gasteiger partial charge in [-0.2, -0.15) is 5.26 Å². The number of esters is 1. The van der Waals surface area contributed by atoms with Gasteiger partial charge in [-0.15, -0.1) is 0 Å². The van der Waals surface area contributed by atoms with Crippen molar-refractivity contribution in [2.75, 3.05) is 26.7 Å². The largest absolute Gasteiger partial charge is 0.469 e. The van der Waals surface area contributed by atoms with Crippen LogP contribution in [0.5, 0.6) is 0 Å². The van der Waals surface area contributed by atoms with Gasteiger partial charge in [0.15, 0.2) is 5.96 Å². The number of carbonyl (C=O) groups is 1. The van der Waals surface area contributed by atoms with Crippen molar-refractivity contribution in [2.45, 2.75) is 20.4 Å². The molecule has 0 aliphatic carbocycles. The first kappa shape index (κ1) is 18.7. The first-order valence-electron chi connectivity index (χ1n) is 8.29. The van der Waals surface area contributed by atoms with Gasteiger partial charge < -0.3 is 15.0 Å². The minimum atomic E-state index is -0.444. The lowest BCUT2D eigenvalue weighted by Gasteiger charge is -2.21. The summed E-state index contributed by atoms with van der Waals surface area (Å²) in [5, 5.41) is 12.0. The molecular weight excluding hydrogens is 323 g/mol. The molecule has 1 aliphatic heterocycles. The summed E-state index contributed by atoms with van der Waals surface area (Å²) in [5.41, 5.74) is 0.706. The Balaban J connectivity index is 2.14. The van der Waals surface area contributed by atoms with Crippen molar-refractivity contribution in [2.24, 2.45) is 16.8 Å². The molecule has 0 aromatic heterocycles. The van der Waals surface area contributed by atoms with Crippen molar-refractivity contribution < 1.29 is 13.9 Å². The highest BCUT2D eigenvalue weighted by molar-refractivity contribution is 5.82. The van der Waals surface area contributed by atoms with E-state index in [1.54, 1.807) is 12.1 Å². The number of hydrogen-bond acceptors (Lipinski definition) is 4. The molecular formula is C18H23FN4O2. The van der Waals surface area contributed by atoms with Crippen LogP contribution in [-0.2, 0) is 16.1 Å². The Hall–Kier alpha value is -2.62. The molecule has 1 N–H and O–H groups in total. The zero-order valence-corrected chi connectivity index (χ0v) is 14.8. The number of nitriles is 1. The van der Waals surface area contributed by atoms with Crippen LogP contribution in [0.25, 0.3) is 0 Å². The molecule has 0 radical (unpaired) electrons. The van der Waals surface area contributed by atoms with Gasteiger partial charge in [-0.25, -0.2) is 9.38 Å². The molecule has 1 heterocycles. The Morgan fingerprint density at radius 2 is 2.28 bits per heavy atom. The van der Waals surface area contributed by atoms with Crippen molar-refractivity contribution in [3.63, 3.8) is 0 Å². The monoisotopic (exact) mass is 346 g/mol. The quantitative estimate of drug-likeness (QED) is 0.512. The number of methoxy groups -OCH3 is 1. The predicted octanol–water partition coefficient (Wildman–Crippen LogP) is 1.90. The van der Waals surface area contributed by atoms with E-state index in [1.165, 1.54) is 13.2 Å². The summed E-state index contributed by atoms with van der Waals surface area (Å²) in [7, 11) is 1.39. The number of guanidine groups is 1. The van der Waals surface area contributed by atoms with Crippen LogP contribution in [0.3, 0.4) is 0 Å². The number of halogens is 1. The molecule has 1 aromatic carbocycles. The molecule has 1 aliphatic rings. The molecule has 0 saturated carbocycles. The number of hydrogen-bond donors (Lipinski definition) is 1. The van der Waals surface area contributed by atoms with Crippen molar-refractivity contribution in [1.29, 1.82) is 5.26 Å². The van der Waals surface area contributed by atoms with E-state index in [0.29, 0.717) is 31.2 Å². The fourth-order valence-electron chi connectivity index (χ4n) is 2.93. The van der Waals surface area contributed by atoms with Crippen LogP contribution in [0.4, 0.5) is 4.39 Å². The summed E-state index contributed by atoms with van der Waals surface area (Å²) in [5.74, 6) is -0.0576. The Morgan fingerprint density at radius 1 is 1.52 bits per heavy atom. The maximum atomic E-state index is 14.0. The van der Waals surface area contributed by atoms with Gasteiger partial charge in [0.1, 0.15) is 5.82 Å². The number of aliphatic imine (C=N–C) groups is 1. The van der Waals surface area contributed by atoms with Crippen LogP contribution in [0, 0.1) is 29.0 Å². The Labute approximate surface area is 147 Å². The molecule has 0 spiro atoms. The maximum absolute atomic E-state index is 14.0. The highest BCUT2D eigenvalue weighted by Crippen LogP contribution is 2.24. The molecule has 7 heteroatoms. The fraction of sp³-hybridized carbons (Fsp3) is 0.500. The number of carbonyl (C=O) groups excluding carboxylic acids is 1. The predicted molar refractivity (Wildman–Crippen MR) is 92.2 cm³/mol. The van der Waals surface area contributed by atoms with Crippen molar-refractivity contribution in [1.82, 2.24) is 10.2 Å². The highest BCUT2D eigenvalue weighted by Gasteiger charge is 2.36. The maximum Gasteiger partial charge on any atom is 0.310 e. The first-order valence-corrected chi connectivity index (χ1v) is 8.29. The van der Waals surface area contributed by atoms with Gasteiger partial charge in [-0.3, -0.25) is 4.79 Å². The normalized spacial score (nSPS) is 20.3. The van der Waals surface area contributed by atoms with Crippen molar-refractivity contribution >= 4 is 11.9 Å². The molecule has 1 saturated heterocycles. The summed E-state index contributed by atoms with van der Waals surface area (Å²) < 4.78 is 18.9. The molecule has 0 bridgehead atoms. The van der Waals surface area contributed by atoms with Crippen molar-refractivity contribution in [3.8, 4) is 6.07 Å². The second kappa shape index (κ2) is 8.47. The highest BCUT2D eigenvalue weighted by atomic mass is 19.1. The number of rotatable bonds is 4. The molecule has 1 fully saturated rings. The lowest BCUT2D eigenvalue weighted by Crippen LogP contribution is -2.40. The third-order valence-electron chi connectivity index (χ3n) is 4.33. The molecule has 2 rings (SSSR count). The Morgan fingerprint density at radius 3 is 2.88 bits per heavy atom. The lowest BCUT2D eigenvalue weighted by molar-refractivity contribution is -0.145. The standard InChI is InChI=1S/C18H23FN4O2/c1-4-21-18(23-10-12(2)15(11-23)17(24)25-3)22-9-14-6-5-13(8-20)7-16(14)19/h5-7,12,15H,4,9-11H2,1-3H3,(H,21,22). The number of likely N-dealkylation sites (tertiary alicyclic amines) is 1. The second-order valence-corrected chi connectivity index (χ2v) is 6.10. The van der Waals surface area contributed by atoms with Gasteiger partial charge in [0.25, 0.3) is 0 Å². The number of nitrogens with one attached hydrogen (secondary N) is 1. The summed E-state index contributed by atoms with van der Waals surface area (Å²) in [6, 6.07) is 6.27. The van der Waals surface area contributed by atoms with E-state index in [-0.39, 0.29) is 29.9 Å². The lowest BCUT2D eigenvalue weighted by atomic mass is 9.99. The third-order valence-corrected chi connectivity index (χ3v) is 4.33. The molecule has 134 valence electrons. The van der Waals surface area contributed by atoms with Crippen LogP contribution in [0.1, 0.15) is 25.0 Å². The van der Waals surface area contributed by atoms with Crippen LogP contribution < -0.4 is 5.32 Å². The number of nitrogens with zero attached hydrogens (tertiary/aromatic N) is 3. The van der Waals surface area contributed by atoms with E-state index in [9.17, 15) is 9.18 Å².